The van der Waals surface area contributed by atoms with Gasteiger partial charge in [-0.3, -0.25) is 14.5 Å². The highest BCUT2D eigenvalue weighted by molar-refractivity contribution is 6.14. The molecule has 2 heterocycles. The van der Waals surface area contributed by atoms with E-state index < -0.39 is 0 Å². The average Bonchev–Trinajstić information content (AvgIpc) is 2.57. The molecule has 0 unspecified atom stereocenters. The van der Waals surface area contributed by atoms with Crippen molar-refractivity contribution in [2.75, 3.05) is 11.4 Å². The van der Waals surface area contributed by atoms with Gasteiger partial charge in [0.1, 0.15) is 18.0 Å². The molecule has 15 heavy (non-hydrogen) atoms. The number of carbonyl (C=O) groups excluding carboxylic acids is 2. The SMILES string of the molecule is N#Cc1cncnc1N1CC(=O)CC1=O. The first kappa shape index (κ1) is 9.27. The summed E-state index contributed by atoms with van der Waals surface area (Å²) < 4.78 is 0. The number of amides is 1. The zero-order valence-electron chi connectivity index (χ0n) is 7.67. The molecular formula is C9H6N4O2. The molecule has 74 valence electrons. The fourth-order valence-electron chi connectivity index (χ4n) is 1.39. The van der Waals surface area contributed by atoms with Crippen molar-refractivity contribution in [3.05, 3.63) is 18.1 Å². The lowest BCUT2D eigenvalue weighted by atomic mass is 10.3. The molecule has 6 nitrogen and oxygen atoms in total. The molecule has 6 heteroatoms. The van der Waals surface area contributed by atoms with Crippen molar-refractivity contribution in [3.8, 4) is 6.07 Å². The minimum Gasteiger partial charge on any atom is -0.297 e. The summed E-state index contributed by atoms with van der Waals surface area (Å²) in [5, 5.41) is 8.78. The van der Waals surface area contributed by atoms with Gasteiger partial charge in [-0.15, -0.1) is 0 Å². The lowest BCUT2D eigenvalue weighted by Gasteiger charge is -2.13. The standard InChI is InChI=1S/C9H6N4O2/c10-2-6-3-11-5-12-9(6)13-4-7(14)1-8(13)15/h3,5H,1,4H2. The second-order valence-corrected chi connectivity index (χ2v) is 3.07. The fourth-order valence-corrected chi connectivity index (χ4v) is 1.39. The molecule has 0 atom stereocenters. The molecule has 1 aliphatic heterocycles. The van der Waals surface area contributed by atoms with Gasteiger partial charge < -0.3 is 0 Å². The molecule has 0 aromatic carbocycles. The van der Waals surface area contributed by atoms with Crippen molar-refractivity contribution < 1.29 is 9.59 Å². The van der Waals surface area contributed by atoms with Gasteiger partial charge in [-0.05, 0) is 0 Å². The van der Waals surface area contributed by atoms with Crippen LogP contribution in [0.2, 0.25) is 0 Å². The summed E-state index contributed by atoms with van der Waals surface area (Å²) in [7, 11) is 0. The van der Waals surface area contributed by atoms with Gasteiger partial charge in [-0.2, -0.15) is 5.26 Å². The summed E-state index contributed by atoms with van der Waals surface area (Å²) >= 11 is 0. The molecule has 1 fully saturated rings. The van der Waals surface area contributed by atoms with Crippen LogP contribution in [0.15, 0.2) is 12.5 Å². The number of hydrogen-bond donors (Lipinski definition) is 0. The lowest BCUT2D eigenvalue weighted by molar-refractivity contribution is -0.121. The number of nitriles is 1. The minimum atomic E-state index is -0.324. The molecule has 0 bridgehead atoms. The highest BCUT2D eigenvalue weighted by Gasteiger charge is 2.30. The highest BCUT2D eigenvalue weighted by atomic mass is 16.2. The van der Waals surface area contributed by atoms with Crippen molar-refractivity contribution in [1.82, 2.24) is 9.97 Å². The number of nitrogens with zero attached hydrogens (tertiary/aromatic N) is 4. The molecule has 1 saturated heterocycles. The molecule has 0 spiro atoms. The molecule has 1 aromatic heterocycles. The maximum atomic E-state index is 11.4. The molecular weight excluding hydrogens is 196 g/mol. The van der Waals surface area contributed by atoms with E-state index in [4.69, 9.17) is 5.26 Å². The number of aromatic nitrogens is 2. The molecule has 0 saturated carbocycles. The van der Waals surface area contributed by atoms with E-state index in [9.17, 15) is 9.59 Å². The van der Waals surface area contributed by atoms with Crippen molar-refractivity contribution in [2.24, 2.45) is 0 Å². The van der Waals surface area contributed by atoms with Gasteiger partial charge in [-0.25, -0.2) is 9.97 Å². The normalized spacial score (nSPS) is 15.5. The molecule has 0 N–H and O–H groups in total. The highest BCUT2D eigenvalue weighted by Crippen LogP contribution is 2.19. The number of hydrogen-bond acceptors (Lipinski definition) is 5. The van der Waals surface area contributed by atoms with E-state index in [0.717, 1.165) is 0 Å². The van der Waals surface area contributed by atoms with Crippen molar-refractivity contribution in [3.63, 3.8) is 0 Å². The second kappa shape index (κ2) is 3.46. The van der Waals surface area contributed by atoms with Crippen LogP contribution in [0, 0.1) is 11.3 Å². The van der Waals surface area contributed by atoms with E-state index in [1.54, 1.807) is 0 Å². The Kier molecular flexibility index (Phi) is 2.14. The lowest BCUT2D eigenvalue weighted by Crippen LogP contribution is -2.26. The Balaban J connectivity index is 2.42. The van der Waals surface area contributed by atoms with E-state index in [0.29, 0.717) is 0 Å². The second-order valence-electron chi connectivity index (χ2n) is 3.07. The first-order valence-electron chi connectivity index (χ1n) is 4.24. The average molecular weight is 202 g/mol. The van der Waals surface area contributed by atoms with E-state index in [2.05, 4.69) is 9.97 Å². The van der Waals surface area contributed by atoms with Crippen LogP contribution in [0.4, 0.5) is 5.82 Å². The maximum absolute atomic E-state index is 11.4. The fraction of sp³-hybridized carbons (Fsp3) is 0.222. The van der Waals surface area contributed by atoms with Crippen LogP contribution >= 0.6 is 0 Å². The molecule has 1 aliphatic rings. The first-order valence-corrected chi connectivity index (χ1v) is 4.24. The third-order valence-corrected chi connectivity index (χ3v) is 2.05. The Morgan fingerprint density at radius 2 is 2.27 bits per heavy atom. The van der Waals surface area contributed by atoms with Crippen LogP contribution < -0.4 is 4.90 Å². The quantitative estimate of drug-likeness (QED) is 0.581. The van der Waals surface area contributed by atoms with Gasteiger partial charge in [0.2, 0.25) is 5.91 Å². The largest absolute Gasteiger partial charge is 0.297 e. The topological polar surface area (TPSA) is 86.9 Å². The molecule has 1 aromatic rings. The van der Waals surface area contributed by atoms with Crippen molar-refractivity contribution >= 4 is 17.5 Å². The van der Waals surface area contributed by atoms with E-state index in [-0.39, 0.29) is 36.0 Å². The Morgan fingerprint density at radius 3 is 2.87 bits per heavy atom. The van der Waals surface area contributed by atoms with Gasteiger partial charge in [0, 0.05) is 0 Å². The molecule has 1 amide bonds. The summed E-state index contributed by atoms with van der Waals surface area (Å²) in [6, 6.07) is 1.88. The zero-order valence-corrected chi connectivity index (χ0v) is 7.67. The molecule has 2 rings (SSSR count). The molecule has 0 radical (unpaired) electrons. The third-order valence-electron chi connectivity index (χ3n) is 2.05. The molecule has 0 aliphatic carbocycles. The summed E-state index contributed by atoms with van der Waals surface area (Å²) in [5.74, 6) is -0.277. The van der Waals surface area contributed by atoms with Gasteiger partial charge in [0.25, 0.3) is 0 Å². The van der Waals surface area contributed by atoms with Gasteiger partial charge in [0.05, 0.1) is 19.2 Å². The van der Waals surface area contributed by atoms with Crippen LogP contribution in [-0.2, 0) is 9.59 Å². The number of Topliss-reactive ketones (excluding diaryl/α,β-unsaturated/α-hetero) is 1. The summed E-state index contributed by atoms with van der Waals surface area (Å²) in [6.45, 7) is -0.00940. The predicted molar refractivity (Wildman–Crippen MR) is 48.7 cm³/mol. The van der Waals surface area contributed by atoms with E-state index in [1.807, 2.05) is 6.07 Å². The summed E-state index contributed by atoms with van der Waals surface area (Å²) in [6.07, 6.45) is 2.44. The predicted octanol–water partition coefficient (Wildman–Crippen LogP) is -0.346. The van der Waals surface area contributed by atoms with Crippen LogP contribution in [0.25, 0.3) is 0 Å². The Labute approximate surface area is 85.2 Å². The van der Waals surface area contributed by atoms with Crippen molar-refractivity contribution in [2.45, 2.75) is 6.42 Å². The third kappa shape index (κ3) is 1.55. The van der Waals surface area contributed by atoms with E-state index >= 15 is 0 Å². The Morgan fingerprint density at radius 1 is 1.47 bits per heavy atom. The maximum Gasteiger partial charge on any atom is 0.236 e. The van der Waals surface area contributed by atoms with Crippen LogP contribution in [0.5, 0.6) is 0 Å². The number of carbonyl (C=O) groups is 2. The monoisotopic (exact) mass is 202 g/mol. The smallest absolute Gasteiger partial charge is 0.236 e. The number of ketones is 1. The van der Waals surface area contributed by atoms with E-state index in [1.165, 1.54) is 17.4 Å². The summed E-state index contributed by atoms with van der Waals surface area (Å²) in [5.41, 5.74) is 0.195. The van der Waals surface area contributed by atoms with Gasteiger partial charge >= 0.3 is 0 Å². The van der Waals surface area contributed by atoms with Crippen LogP contribution in [0.3, 0.4) is 0 Å². The Bertz CT molecular complexity index is 477. The number of anilines is 1. The van der Waals surface area contributed by atoms with Crippen molar-refractivity contribution in [1.29, 1.82) is 5.26 Å². The zero-order chi connectivity index (χ0) is 10.8. The van der Waals surface area contributed by atoms with Gasteiger partial charge in [0.15, 0.2) is 11.6 Å². The Hall–Kier alpha value is -2.29. The van der Waals surface area contributed by atoms with Gasteiger partial charge in [-0.1, -0.05) is 0 Å². The van der Waals surface area contributed by atoms with Crippen LogP contribution in [-0.4, -0.2) is 28.2 Å². The summed E-state index contributed by atoms with van der Waals surface area (Å²) in [4.78, 5) is 31.2. The number of rotatable bonds is 1. The van der Waals surface area contributed by atoms with Crippen LogP contribution in [0.1, 0.15) is 12.0 Å². The minimum absolute atomic E-state index is 0.00940. The first-order chi connectivity index (χ1) is 7.22.